The molecule has 0 heterocycles. The van der Waals surface area contributed by atoms with Crippen molar-refractivity contribution >= 4 is 33.5 Å². The van der Waals surface area contributed by atoms with E-state index in [0.29, 0.717) is 0 Å². The van der Waals surface area contributed by atoms with Crippen LogP contribution < -0.4 is 10.6 Å². The van der Waals surface area contributed by atoms with Crippen molar-refractivity contribution in [3.05, 3.63) is 121 Å². The zero-order valence-corrected chi connectivity index (χ0v) is 16.5. The molecule has 0 fully saturated rings. The molecule has 0 radical (unpaired) electrons. The van der Waals surface area contributed by atoms with Gasteiger partial charge in [-0.3, -0.25) is 0 Å². The number of nitrogens with one attached hydrogen (secondary N) is 2. The molecule has 0 aromatic heterocycles. The number of rotatable bonds is 5. The van der Waals surface area contributed by atoms with E-state index in [9.17, 15) is 0 Å². The molecular weight excluding hydrogens is 364 g/mol. The van der Waals surface area contributed by atoms with E-state index < -0.39 is 0 Å². The molecule has 0 aliphatic heterocycles. The lowest BCUT2D eigenvalue weighted by atomic mass is 10.0. The average molecular weight is 386 g/mol. The van der Waals surface area contributed by atoms with Crippen LogP contribution in [0.5, 0.6) is 0 Å². The fourth-order valence-corrected chi connectivity index (χ4v) is 3.67. The Morgan fingerprint density at radius 2 is 0.900 bits per heavy atom. The fourth-order valence-electron chi connectivity index (χ4n) is 3.67. The molecule has 5 aromatic carbocycles. The summed E-state index contributed by atoms with van der Waals surface area (Å²) >= 11 is 0. The largest absolute Gasteiger partial charge is 0.356 e. The predicted octanol–water partition coefficient (Wildman–Crippen LogP) is 7.99. The van der Waals surface area contributed by atoms with Gasteiger partial charge in [-0.15, -0.1) is 0 Å². The zero-order chi connectivity index (χ0) is 20.2. The van der Waals surface area contributed by atoms with Crippen LogP contribution in [0.4, 0.5) is 22.7 Å². The van der Waals surface area contributed by atoms with Crippen LogP contribution in [0.3, 0.4) is 0 Å². The Kier molecular flexibility index (Phi) is 4.89. The summed E-state index contributed by atoms with van der Waals surface area (Å²) in [7, 11) is 0. The maximum absolute atomic E-state index is 3.55. The highest BCUT2D eigenvalue weighted by Crippen LogP contribution is 2.28. The van der Waals surface area contributed by atoms with E-state index in [0.717, 1.165) is 22.7 Å². The van der Waals surface area contributed by atoms with Gasteiger partial charge in [0.1, 0.15) is 0 Å². The highest BCUT2D eigenvalue weighted by atomic mass is 14.9. The first kappa shape index (κ1) is 18.0. The smallest absolute Gasteiger partial charge is 0.0463 e. The molecule has 0 aliphatic rings. The molecule has 2 heteroatoms. The minimum Gasteiger partial charge on any atom is -0.356 e. The Bertz CT molecular complexity index is 1250. The first-order valence-electron chi connectivity index (χ1n) is 10.1. The third kappa shape index (κ3) is 3.89. The van der Waals surface area contributed by atoms with E-state index in [2.05, 4.69) is 114 Å². The first-order chi connectivity index (χ1) is 14.8. The molecular formula is C28H22N2. The van der Waals surface area contributed by atoms with E-state index in [1.54, 1.807) is 0 Å². The van der Waals surface area contributed by atoms with Crippen LogP contribution in [0.15, 0.2) is 121 Å². The molecule has 0 unspecified atom stereocenters. The summed E-state index contributed by atoms with van der Waals surface area (Å²) in [5.74, 6) is 0. The van der Waals surface area contributed by atoms with Crippen LogP contribution in [-0.4, -0.2) is 0 Å². The quantitative estimate of drug-likeness (QED) is 0.320. The number of anilines is 4. The van der Waals surface area contributed by atoms with Crippen LogP contribution in [0.2, 0.25) is 0 Å². The second-order valence-corrected chi connectivity index (χ2v) is 7.30. The lowest BCUT2D eigenvalue weighted by Gasteiger charge is -2.11. The summed E-state index contributed by atoms with van der Waals surface area (Å²) in [4.78, 5) is 0. The van der Waals surface area contributed by atoms with Crippen LogP contribution in [0, 0.1) is 0 Å². The van der Waals surface area contributed by atoms with Crippen molar-refractivity contribution in [2.75, 3.05) is 10.6 Å². The summed E-state index contributed by atoms with van der Waals surface area (Å²) in [6.07, 6.45) is 0. The van der Waals surface area contributed by atoms with Crippen LogP contribution in [0.25, 0.3) is 21.9 Å². The Morgan fingerprint density at radius 3 is 1.60 bits per heavy atom. The van der Waals surface area contributed by atoms with Gasteiger partial charge in [-0.25, -0.2) is 0 Å². The third-order valence-electron chi connectivity index (χ3n) is 5.23. The minimum atomic E-state index is 1.08. The average Bonchev–Trinajstić information content (AvgIpc) is 2.81. The van der Waals surface area contributed by atoms with Crippen molar-refractivity contribution < 1.29 is 0 Å². The topological polar surface area (TPSA) is 24.1 Å². The molecule has 2 nitrogen and oxygen atoms in total. The van der Waals surface area contributed by atoms with Crippen molar-refractivity contribution in [3.8, 4) is 11.1 Å². The monoisotopic (exact) mass is 386 g/mol. The van der Waals surface area contributed by atoms with Gasteiger partial charge in [0.05, 0.1) is 0 Å². The van der Waals surface area contributed by atoms with Gasteiger partial charge < -0.3 is 10.6 Å². The van der Waals surface area contributed by atoms with Gasteiger partial charge in [-0.05, 0) is 59.0 Å². The number of hydrogen-bond acceptors (Lipinski definition) is 2. The molecule has 0 amide bonds. The maximum atomic E-state index is 3.55. The molecule has 144 valence electrons. The third-order valence-corrected chi connectivity index (χ3v) is 5.23. The molecule has 0 saturated carbocycles. The second-order valence-electron chi connectivity index (χ2n) is 7.30. The van der Waals surface area contributed by atoms with Crippen LogP contribution in [0.1, 0.15) is 0 Å². The van der Waals surface area contributed by atoms with Gasteiger partial charge in [-0.2, -0.15) is 0 Å². The summed E-state index contributed by atoms with van der Waals surface area (Å²) < 4.78 is 0. The van der Waals surface area contributed by atoms with E-state index in [4.69, 9.17) is 0 Å². The lowest BCUT2D eigenvalue weighted by Crippen LogP contribution is -1.91. The summed E-state index contributed by atoms with van der Waals surface area (Å²) in [6.45, 7) is 0. The number of fused-ring (bicyclic) bond motifs is 1. The maximum Gasteiger partial charge on any atom is 0.0463 e. The Labute approximate surface area is 176 Å². The Balaban J connectivity index is 1.32. The highest BCUT2D eigenvalue weighted by Gasteiger charge is 2.03. The summed E-state index contributed by atoms with van der Waals surface area (Å²) in [6, 6.07) is 42.1. The molecule has 2 N–H and O–H groups in total. The minimum absolute atomic E-state index is 1.08. The van der Waals surface area contributed by atoms with Crippen molar-refractivity contribution in [2.24, 2.45) is 0 Å². The van der Waals surface area contributed by atoms with Gasteiger partial charge >= 0.3 is 0 Å². The molecule has 0 bridgehead atoms. The highest BCUT2D eigenvalue weighted by molar-refractivity contribution is 5.95. The number of para-hydroxylation sites is 1. The van der Waals surface area contributed by atoms with Gasteiger partial charge in [0.2, 0.25) is 0 Å². The van der Waals surface area contributed by atoms with Gasteiger partial charge in [0.15, 0.2) is 0 Å². The van der Waals surface area contributed by atoms with E-state index in [1.165, 1.54) is 21.9 Å². The molecule has 5 rings (SSSR count). The number of benzene rings is 5. The van der Waals surface area contributed by atoms with Gasteiger partial charge in [0, 0.05) is 28.1 Å². The zero-order valence-electron chi connectivity index (χ0n) is 16.5. The van der Waals surface area contributed by atoms with Gasteiger partial charge in [0.25, 0.3) is 0 Å². The first-order valence-corrected chi connectivity index (χ1v) is 10.1. The standard InChI is InChI=1S/C28H22N2/c1-2-9-24(10-3-1)29-25-17-13-21(14-18-25)22-15-19-26(20-16-22)30-28-12-6-8-23-7-4-5-11-27(23)28/h1-20,29-30H. The molecule has 0 saturated heterocycles. The molecule has 30 heavy (non-hydrogen) atoms. The van der Waals surface area contributed by atoms with Crippen molar-refractivity contribution in [2.45, 2.75) is 0 Å². The molecule has 0 spiro atoms. The Hall–Kier alpha value is -4.04. The fraction of sp³-hybridized carbons (Fsp3) is 0. The molecule has 0 atom stereocenters. The molecule has 5 aromatic rings. The predicted molar refractivity (Wildman–Crippen MR) is 129 cm³/mol. The van der Waals surface area contributed by atoms with Crippen LogP contribution >= 0.6 is 0 Å². The van der Waals surface area contributed by atoms with E-state index in [1.807, 2.05) is 18.2 Å². The second kappa shape index (κ2) is 8.14. The summed E-state index contributed by atoms with van der Waals surface area (Å²) in [5, 5.41) is 9.44. The van der Waals surface area contributed by atoms with Gasteiger partial charge in [-0.1, -0.05) is 78.9 Å². The SMILES string of the molecule is c1ccc(Nc2ccc(-c3ccc(Nc4cccc5ccccc45)cc3)cc2)cc1. The number of hydrogen-bond donors (Lipinski definition) is 2. The normalized spacial score (nSPS) is 10.7. The van der Waals surface area contributed by atoms with E-state index >= 15 is 0 Å². The molecule has 0 aliphatic carbocycles. The Morgan fingerprint density at radius 1 is 0.367 bits per heavy atom. The van der Waals surface area contributed by atoms with Crippen molar-refractivity contribution in [1.29, 1.82) is 0 Å². The van der Waals surface area contributed by atoms with Crippen molar-refractivity contribution in [3.63, 3.8) is 0 Å². The summed E-state index contributed by atoms with van der Waals surface area (Å²) in [5.41, 5.74) is 6.78. The van der Waals surface area contributed by atoms with Crippen molar-refractivity contribution in [1.82, 2.24) is 0 Å². The lowest BCUT2D eigenvalue weighted by molar-refractivity contribution is 1.53. The van der Waals surface area contributed by atoms with Crippen LogP contribution in [-0.2, 0) is 0 Å². The van der Waals surface area contributed by atoms with E-state index in [-0.39, 0.29) is 0 Å².